The van der Waals surface area contributed by atoms with Gasteiger partial charge >= 0.3 is 0 Å². The Kier molecular flexibility index (Phi) is 1.84. The average molecular weight is 180 g/mol. The highest BCUT2D eigenvalue weighted by Gasteiger charge is 2.41. The summed E-state index contributed by atoms with van der Waals surface area (Å²) in [4.78, 5) is 11.4. The highest BCUT2D eigenvalue weighted by atomic mass is 16.6. The van der Waals surface area contributed by atoms with Crippen LogP contribution in [0.4, 0.5) is 0 Å². The van der Waals surface area contributed by atoms with E-state index in [1.807, 2.05) is 0 Å². The molecule has 0 spiro atoms. The van der Waals surface area contributed by atoms with Crippen molar-refractivity contribution in [2.75, 3.05) is 0 Å². The lowest BCUT2D eigenvalue weighted by Crippen LogP contribution is -2.23. The Morgan fingerprint density at radius 3 is 2.54 bits per heavy atom. The normalized spacial score (nSPS) is 37.2. The van der Waals surface area contributed by atoms with Gasteiger partial charge in [0.25, 0.3) is 0 Å². The molecule has 2 atom stereocenters. The molecule has 0 aromatic rings. The van der Waals surface area contributed by atoms with Gasteiger partial charge in [-0.25, -0.2) is 0 Å². The van der Waals surface area contributed by atoms with E-state index in [-0.39, 0.29) is 17.3 Å². The van der Waals surface area contributed by atoms with Gasteiger partial charge in [-0.2, -0.15) is 0 Å². The van der Waals surface area contributed by atoms with Crippen molar-refractivity contribution in [3.63, 3.8) is 0 Å². The fraction of sp³-hybridized carbons (Fsp3) is 0.727. The topological polar surface area (TPSA) is 29.6 Å². The molecular formula is C11H16O2. The molecule has 1 aliphatic heterocycles. The Balaban J connectivity index is 2.15. The first-order chi connectivity index (χ1) is 5.98. The van der Waals surface area contributed by atoms with Crippen LogP contribution in [0.1, 0.15) is 33.6 Å². The van der Waals surface area contributed by atoms with E-state index >= 15 is 0 Å². The number of rotatable bonds is 1. The average Bonchev–Trinajstić information content (AvgIpc) is 2.62. The maximum atomic E-state index is 11.4. The van der Waals surface area contributed by atoms with Gasteiger partial charge in [-0.1, -0.05) is 13.8 Å². The number of ether oxygens (including phenoxy) is 1. The van der Waals surface area contributed by atoms with Crippen molar-refractivity contribution >= 4 is 5.78 Å². The van der Waals surface area contributed by atoms with E-state index in [0.29, 0.717) is 12.5 Å². The molecule has 1 aliphatic carbocycles. The van der Waals surface area contributed by atoms with Gasteiger partial charge in [0, 0.05) is 6.42 Å². The highest BCUT2D eigenvalue weighted by Crippen LogP contribution is 2.40. The molecule has 0 N–H and O–H groups in total. The molecule has 2 unspecified atom stereocenters. The van der Waals surface area contributed by atoms with Gasteiger partial charge in [0.05, 0.1) is 6.10 Å². The van der Waals surface area contributed by atoms with Crippen molar-refractivity contribution in [2.45, 2.75) is 45.8 Å². The summed E-state index contributed by atoms with van der Waals surface area (Å²) in [6.07, 6.45) is 4.04. The Morgan fingerprint density at radius 2 is 2.08 bits per heavy atom. The van der Waals surface area contributed by atoms with Crippen molar-refractivity contribution in [1.29, 1.82) is 0 Å². The van der Waals surface area contributed by atoms with Crippen LogP contribution in [0.2, 0.25) is 0 Å². The molecule has 2 nitrogen and oxygen atoms in total. The highest BCUT2D eigenvalue weighted by molar-refractivity contribution is 5.92. The summed E-state index contributed by atoms with van der Waals surface area (Å²) in [6, 6.07) is 0. The van der Waals surface area contributed by atoms with Gasteiger partial charge < -0.3 is 4.74 Å². The molecule has 1 heterocycles. The Bertz CT molecular complexity index is 276. The summed E-state index contributed by atoms with van der Waals surface area (Å²) in [5.41, 5.74) is 1.33. The van der Waals surface area contributed by atoms with E-state index in [0.717, 1.165) is 6.42 Å². The lowest BCUT2D eigenvalue weighted by Gasteiger charge is -2.28. The first kappa shape index (κ1) is 8.95. The van der Waals surface area contributed by atoms with E-state index in [2.05, 4.69) is 20.8 Å². The van der Waals surface area contributed by atoms with Gasteiger partial charge in [-0.15, -0.1) is 0 Å². The van der Waals surface area contributed by atoms with Crippen LogP contribution in [-0.2, 0) is 9.53 Å². The van der Waals surface area contributed by atoms with Crippen LogP contribution in [0.15, 0.2) is 11.6 Å². The Hall–Kier alpha value is -0.630. The third-order valence-electron chi connectivity index (χ3n) is 2.76. The van der Waals surface area contributed by atoms with E-state index in [1.54, 1.807) is 6.08 Å². The second kappa shape index (κ2) is 2.68. The van der Waals surface area contributed by atoms with Crippen LogP contribution in [0.25, 0.3) is 0 Å². The number of hydrogen-bond acceptors (Lipinski definition) is 2. The Morgan fingerprint density at radius 1 is 1.46 bits per heavy atom. The van der Waals surface area contributed by atoms with Crippen molar-refractivity contribution in [1.82, 2.24) is 0 Å². The third kappa shape index (κ3) is 1.83. The van der Waals surface area contributed by atoms with Gasteiger partial charge in [0.2, 0.25) is 0 Å². The molecule has 0 amide bonds. The second-order valence-corrected chi connectivity index (χ2v) is 4.97. The first-order valence-corrected chi connectivity index (χ1v) is 4.87. The van der Waals surface area contributed by atoms with Crippen molar-refractivity contribution in [3.8, 4) is 0 Å². The van der Waals surface area contributed by atoms with E-state index in [9.17, 15) is 4.79 Å². The first-order valence-electron chi connectivity index (χ1n) is 4.87. The fourth-order valence-electron chi connectivity index (χ4n) is 2.15. The maximum absolute atomic E-state index is 11.4. The molecular weight excluding hydrogens is 164 g/mol. The zero-order valence-corrected chi connectivity index (χ0v) is 8.46. The molecule has 0 radical (unpaired) electrons. The zero-order valence-electron chi connectivity index (χ0n) is 8.46. The summed E-state index contributed by atoms with van der Waals surface area (Å²) >= 11 is 0. The van der Waals surface area contributed by atoms with Gasteiger partial charge in [0.15, 0.2) is 5.78 Å². The molecule has 0 aromatic heterocycles. The largest absolute Gasteiger partial charge is 0.365 e. The predicted octanol–water partition coefficient (Wildman–Crippen LogP) is 2.09. The van der Waals surface area contributed by atoms with E-state index in [1.165, 1.54) is 5.57 Å². The van der Waals surface area contributed by atoms with Crippen molar-refractivity contribution < 1.29 is 9.53 Å². The molecule has 2 rings (SSSR count). The second-order valence-electron chi connectivity index (χ2n) is 4.97. The molecule has 1 saturated heterocycles. The van der Waals surface area contributed by atoms with Crippen molar-refractivity contribution in [2.24, 2.45) is 5.41 Å². The summed E-state index contributed by atoms with van der Waals surface area (Å²) in [6.45, 7) is 6.34. The SMILES string of the molecule is CC1OC1C1=CC(=O)CC(C)(C)C1. The molecule has 0 aromatic carbocycles. The third-order valence-corrected chi connectivity index (χ3v) is 2.76. The number of carbonyl (C=O) groups is 1. The lowest BCUT2D eigenvalue weighted by atomic mass is 9.76. The molecule has 1 fully saturated rings. The van der Waals surface area contributed by atoms with Crippen LogP contribution in [0.5, 0.6) is 0 Å². The lowest BCUT2D eigenvalue weighted by molar-refractivity contribution is -0.117. The summed E-state index contributed by atoms with van der Waals surface area (Å²) in [7, 11) is 0. The number of carbonyl (C=O) groups excluding carboxylic acids is 1. The number of allylic oxidation sites excluding steroid dienone is 1. The summed E-state index contributed by atoms with van der Waals surface area (Å²) in [5.74, 6) is 0.258. The molecule has 2 aliphatic rings. The van der Waals surface area contributed by atoms with Gasteiger partial charge in [-0.05, 0) is 30.4 Å². The monoisotopic (exact) mass is 180 g/mol. The zero-order chi connectivity index (χ0) is 9.64. The number of ketones is 1. The quantitative estimate of drug-likeness (QED) is 0.578. The predicted molar refractivity (Wildman–Crippen MR) is 50.4 cm³/mol. The van der Waals surface area contributed by atoms with Crippen LogP contribution in [0, 0.1) is 5.41 Å². The van der Waals surface area contributed by atoms with Crippen LogP contribution >= 0.6 is 0 Å². The van der Waals surface area contributed by atoms with Crippen LogP contribution < -0.4 is 0 Å². The minimum atomic E-state index is 0.132. The van der Waals surface area contributed by atoms with Crippen molar-refractivity contribution in [3.05, 3.63) is 11.6 Å². The summed E-state index contributed by atoms with van der Waals surface area (Å²) in [5, 5.41) is 0. The van der Waals surface area contributed by atoms with E-state index in [4.69, 9.17) is 4.74 Å². The van der Waals surface area contributed by atoms with Crippen LogP contribution in [-0.4, -0.2) is 18.0 Å². The van der Waals surface area contributed by atoms with E-state index < -0.39 is 0 Å². The standard InChI is InChI=1S/C11H16O2/c1-7-10(13-7)8-4-9(12)6-11(2,3)5-8/h4,7,10H,5-6H2,1-3H3. The number of hydrogen-bond donors (Lipinski definition) is 0. The maximum Gasteiger partial charge on any atom is 0.156 e. The minimum Gasteiger partial charge on any atom is -0.365 e. The van der Waals surface area contributed by atoms with Gasteiger partial charge in [0.1, 0.15) is 6.10 Å². The van der Waals surface area contributed by atoms with Crippen LogP contribution in [0.3, 0.4) is 0 Å². The molecule has 2 heteroatoms. The van der Waals surface area contributed by atoms with Gasteiger partial charge in [-0.3, -0.25) is 4.79 Å². The smallest absolute Gasteiger partial charge is 0.156 e. The fourth-order valence-corrected chi connectivity index (χ4v) is 2.15. The number of epoxide rings is 1. The molecule has 13 heavy (non-hydrogen) atoms. The molecule has 0 saturated carbocycles. The summed E-state index contributed by atoms with van der Waals surface area (Å²) < 4.78 is 5.38. The minimum absolute atomic E-state index is 0.132. The Labute approximate surface area is 79.0 Å². The molecule has 0 bridgehead atoms. The molecule has 72 valence electrons.